The van der Waals surface area contributed by atoms with Crippen LogP contribution in [0.3, 0.4) is 0 Å². The summed E-state index contributed by atoms with van der Waals surface area (Å²) < 4.78 is 56.7. The molecule has 0 aliphatic rings. The van der Waals surface area contributed by atoms with Gasteiger partial charge in [-0.2, -0.15) is 13.5 Å². The van der Waals surface area contributed by atoms with E-state index in [1.165, 1.54) is 36.9 Å². The van der Waals surface area contributed by atoms with Crippen LogP contribution in [0.4, 0.5) is 0 Å². The second kappa shape index (κ2) is 10.4. The van der Waals surface area contributed by atoms with Gasteiger partial charge in [0.05, 0.1) is 16.3 Å². The molecule has 0 radical (unpaired) electrons. The van der Waals surface area contributed by atoms with Crippen molar-refractivity contribution in [1.82, 2.24) is 9.78 Å². The van der Waals surface area contributed by atoms with E-state index in [9.17, 15) is 21.6 Å². The van der Waals surface area contributed by atoms with Gasteiger partial charge in [-0.1, -0.05) is 18.9 Å². The molecule has 0 aliphatic carbocycles. The zero-order valence-corrected chi connectivity index (χ0v) is 22.7. The van der Waals surface area contributed by atoms with Crippen LogP contribution in [-0.4, -0.2) is 43.9 Å². The molecule has 10 heteroatoms. The van der Waals surface area contributed by atoms with Gasteiger partial charge in [0.25, 0.3) is 0 Å². The highest BCUT2D eigenvalue weighted by Gasteiger charge is 2.29. The topological polar surface area (TPSA) is 112 Å². The van der Waals surface area contributed by atoms with Gasteiger partial charge in [0, 0.05) is 18.4 Å². The quantitative estimate of drug-likeness (QED) is 0.340. The molecular formula is C24H34N2O6S2. The normalized spacial score (nSPS) is 12.1. The Bertz CT molecular complexity index is 1330. The smallest absolute Gasteiger partial charge is 0.313 e. The molecule has 0 fully saturated rings. The molecule has 0 amide bonds. The summed E-state index contributed by atoms with van der Waals surface area (Å²) in [5, 5.41) is 3.40. The summed E-state index contributed by atoms with van der Waals surface area (Å²) in [5.74, 6) is -0.615. The van der Waals surface area contributed by atoms with Crippen LogP contribution < -0.4 is 4.18 Å². The monoisotopic (exact) mass is 510 g/mol. The Labute approximate surface area is 203 Å². The number of aryl methyl sites for hydroxylation is 1. The van der Waals surface area contributed by atoms with Crippen LogP contribution >= 0.6 is 0 Å². The van der Waals surface area contributed by atoms with Gasteiger partial charge >= 0.3 is 10.1 Å². The Morgan fingerprint density at radius 3 is 2.21 bits per heavy atom. The Morgan fingerprint density at radius 1 is 1.09 bits per heavy atom. The van der Waals surface area contributed by atoms with Gasteiger partial charge in [0.1, 0.15) is 5.56 Å². The van der Waals surface area contributed by atoms with Crippen molar-refractivity contribution in [2.24, 2.45) is 0 Å². The van der Waals surface area contributed by atoms with Gasteiger partial charge in [-0.05, 0) is 76.8 Å². The summed E-state index contributed by atoms with van der Waals surface area (Å²) >= 11 is 0. The highest BCUT2D eigenvalue weighted by atomic mass is 32.2. The van der Waals surface area contributed by atoms with Crippen molar-refractivity contribution in [3.63, 3.8) is 0 Å². The zero-order valence-electron chi connectivity index (χ0n) is 21.1. The SMILES string of the molecule is CCCCn1ncc(C(=O)c2ccc(S(C)(=O)=O)c(C(C)=C(C)C)c2C)c1OS(=O)(=O)C(C)C. The minimum absolute atomic E-state index is 0.0105. The lowest BCUT2D eigenvalue weighted by Crippen LogP contribution is -2.23. The van der Waals surface area contributed by atoms with Gasteiger partial charge in [0.2, 0.25) is 5.88 Å². The molecule has 0 unspecified atom stereocenters. The largest absolute Gasteiger partial charge is 0.361 e. The maximum Gasteiger partial charge on any atom is 0.313 e. The minimum atomic E-state index is -3.98. The van der Waals surface area contributed by atoms with Crippen molar-refractivity contribution >= 4 is 31.3 Å². The van der Waals surface area contributed by atoms with Gasteiger partial charge in [-0.15, -0.1) is 0 Å². The Balaban J connectivity index is 2.76. The van der Waals surface area contributed by atoms with Crippen molar-refractivity contribution in [2.75, 3.05) is 6.26 Å². The lowest BCUT2D eigenvalue weighted by Gasteiger charge is -2.17. The number of sulfone groups is 1. The minimum Gasteiger partial charge on any atom is -0.361 e. The molecule has 0 bridgehead atoms. The predicted octanol–water partition coefficient (Wildman–Crippen LogP) is 4.56. The first-order valence-corrected chi connectivity index (χ1v) is 14.5. The molecule has 188 valence electrons. The van der Waals surface area contributed by atoms with Crippen LogP contribution in [0.25, 0.3) is 5.57 Å². The number of allylic oxidation sites excluding steroid dienone is 2. The molecule has 8 nitrogen and oxygen atoms in total. The number of ketones is 1. The molecule has 0 aliphatic heterocycles. The number of nitrogens with zero attached hydrogens (tertiary/aromatic N) is 2. The van der Waals surface area contributed by atoms with E-state index in [1.807, 2.05) is 27.7 Å². The molecule has 1 heterocycles. The average molecular weight is 511 g/mol. The average Bonchev–Trinajstić information content (AvgIpc) is 3.11. The van der Waals surface area contributed by atoms with Crippen LogP contribution in [0.2, 0.25) is 0 Å². The van der Waals surface area contributed by atoms with E-state index in [4.69, 9.17) is 4.18 Å². The molecule has 1 aromatic carbocycles. The summed E-state index contributed by atoms with van der Waals surface area (Å²) in [6.07, 6.45) is 4.00. The van der Waals surface area contributed by atoms with Gasteiger partial charge < -0.3 is 4.18 Å². The maximum atomic E-state index is 13.6. The summed E-state index contributed by atoms with van der Waals surface area (Å²) in [7, 11) is -7.53. The Kier molecular flexibility index (Phi) is 8.53. The fraction of sp³-hybridized carbons (Fsp3) is 0.500. The number of aromatic nitrogens is 2. The molecule has 2 rings (SSSR count). The van der Waals surface area contributed by atoms with Crippen LogP contribution in [0.15, 0.2) is 28.8 Å². The predicted molar refractivity (Wildman–Crippen MR) is 133 cm³/mol. The van der Waals surface area contributed by atoms with Crippen LogP contribution in [0.1, 0.15) is 81.4 Å². The van der Waals surface area contributed by atoms with Crippen molar-refractivity contribution in [3.05, 3.63) is 46.2 Å². The fourth-order valence-corrected chi connectivity index (χ4v) is 4.97. The number of hydrogen-bond acceptors (Lipinski definition) is 7. The third kappa shape index (κ3) is 5.78. The van der Waals surface area contributed by atoms with E-state index in [2.05, 4.69) is 5.10 Å². The summed E-state index contributed by atoms with van der Waals surface area (Å²) in [6, 6.07) is 2.88. The number of rotatable bonds is 10. The molecular weight excluding hydrogens is 476 g/mol. The first-order chi connectivity index (χ1) is 15.6. The summed E-state index contributed by atoms with van der Waals surface area (Å²) in [5.41, 5.74) is 2.90. The lowest BCUT2D eigenvalue weighted by molar-refractivity contribution is 0.103. The number of unbranched alkanes of at least 4 members (excludes halogenated alkanes) is 1. The van der Waals surface area contributed by atoms with Crippen LogP contribution in [0, 0.1) is 6.92 Å². The van der Waals surface area contributed by atoms with Gasteiger partial charge in [-0.3, -0.25) is 4.79 Å². The van der Waals surface area contributed by atoms with Crippen LogP contribution in [0.5, 0.6) is 5.88 Å². The third-order valence-electron chi connectivity index (χ3n) is 5.73. The molecule has 0 saturated carbocycles. The summed E-state index contributed by atoms with van der Waals surface area (Å²) in [6.45, 7) is 12.6. The van der Waals surface area contributed by atoms with Crippen LogP contribution in [-0.2, 0) is 26.5 Å². The highest BCUT2D eigenvalue weighted by Crippen LogP contribution is 2.33. The van der Waals surface area contributed by atoms with Gasteiger partial charge in [0.15, 0.2) is 15.6 Å². The molecule has 0 spiro atoms. The molecule has 0 atom stereocenters. The van der Waals surface area contributed by atoms with E-state index in [0.29, 0.717) is 17.7 Å². The second-order valence-corrected chi connectivity index (χ2v) is 13.0. The molecule has 1 aromatic heterocycles. The standard InChI is InChI=1S/C24H34N2O6S2/c1-9-10-13-26-24(32-34(30,31)16(4)5)20(14-25-26)23(27)19-11-12-21(33(8,28)29)22(18(19)7)17(6)15(2)3/h11-12,14,16H,9-10,13H2,1-8H3. The van der Waals surface area contributed by atoms with Crippen molar-refractivity contribution < 1.29 is 25.8 Å². The van der Waals surface area contributed by atoms with Gasteiger partial charge in [-0.25, -0.2) is 13.1 Å². The molecule has 2 aromatic rings. The molecule has 34 heavy (non-hydrogen) atoms. The molecule has 0 N–H and O–H groups in total. The Morgan fingerprint density at radius 2 is 1.71 bits per heavy atom. The fourth-order valence-electron chi connectivity index (χ4n) is 3.39. The maximum absolute atomic E-state index is 13.6. The first-order valence-electron chi connectivity index (χ1n) is 11.1. The number of benzene rings is 1. The van der Waals surface area contributed by atoms with E-state index >= 15 is 0 Å². The van der Waals surface area contributed by atoms with E-state index in [0.717, 1.165) is 30.2 Å². The highest BCUT2D eigenvalue weighted by molar-refractivity contribution is 7.90. The van der Waals surface area contributed by atoms with E-state index < -0.39 is 31.0 Å². The Hall–Kier alpha value is -2.46. The van der Waals surface area contributed by atoms with E-state index in [-0.39, 0.29) is 21.9 Å². The molecule has 0 saturated heterocycles. The number of carbonyl (C=O) groups excluding carboxylic acids is 1. The number of carbonyl (C=O) groups is 1. The van der Waals surface area contributed by atoms with Crippen molar-refractivity contribution in [2.45, 2.75) is 78.0 Å². The lowest BCUT2D eigenvalue weighted by atomic mass is 9.91. The van der Waals surface area contributed by atoms with Crippen molar-refractivity contribution in [3.8, 4) is 5.88 Å². The number of hydrogen-bond donors (Lipinski definition) is 0. The first kappa shape index (κ1) is 27.8. The second-order valence-electron chi connectivity index (χ2n) is 8.90. The van der Waals surface area contributed by atoms with E-state index in [1.54, 1.807) is 6.92 Å². The van der Waals surface area contributed by atoms with Crippen molar-refractivity contribution in [1.29, 1.82) is 0 Å². The summed E-state index contributed by atoms with van der Waals surface area (Å²) in [4.78, 5) is 13.8. The zero-order chi connectivity index (χ0) is 26.0. The third-order valence-corrected chi connectivity index (χ3v) is 8.41.